The van der Waals surface area contributed by atoms with E-state index in [4.69, 9.17) is 9.47 Å². The van der Waals surface area contributed by atoms with E-state index in [1.807, 2.05) is 26.0 Å². The third kappa shape index (κ3) is 5.55. The summed E-state index contributed by atoms with van der Waals surface area (Å²) in [6, 6.07) is 13.2. The monoisotopic (exact) mass is 679 g/mol. The molecule has 0 saturated carbocycles. The molecule has 186 valence electrons. The van der Waals surface area contributed by atoms with Gasteiger partial charge < -0.3 is 9.47 Å². The van der Waals surface area contributed by atoms with Gasteiger partial charge in [-0.2, -0.15) is 9.78 Å². The van der Waals surface area contributed by atoms with E-state index in [1.165, 1.54) is 23.9 Å². The topological polar surface area (TPSA) is 65.7 Å². The summed E-state index contributed by atoms with van der Waals surface area (Å²) < 4.78 is 28.1. The molecule has 4 aromatic rings. The summed E-state index contributed by atoms with van der Waals surface area (Å²) in [4.78, 5) is 18.0. The summed E-state index contributed by atoms with van der Waals surface area (Å²) in [5, 5.41) is 4.97. The summed E-state index contributed by atoms with van der Waals surface area (Å²) in [6.45, 7) is 4.14. The van der Waals surface area contributed by atoms with Gasteiger partial charge in [0, 0.05) is 20.4 Å². The molecule has 0 amide bonds. The van der Waals surface area contributed by atoms with Gasteiger partial charge in [-0.1, -0.05) is 41.9 Å². The molecule has 0 N–H and O–H groups in total. The fourth-order valence-corrected chi connectivity index (χ4v) is 4.79. The first kappa shape index (κ1) is 26.5. The smallest absolute Gasteiger partial charge is 0.282 e. The molecule has 0 radical (unpaired) electrons. The molecule has 0 spiro atoms. The summed E-state index contributed by atoms with van der Waals surface area (Å²) in [6.07, 6.45) is 1.57. The molecular formula is C26H21Br3FN3O3. The Balaban J connectivity index is 1.73. The first-order valence-electron chi connectivity index (χ1n) is 10.9. The fourth-order valence-electron chi connectivity index (χ4n) is 3.49. The van der Waals surface area contributed by atoms with E-state index < -0.39 is 0 Å². The van der Waals surface area contributed by atoms with Crippen LogP contribution in [-0.4, -0.2) is 23.0 Å². The van der Waals surface area contributed by atoms with Crippen molar-refractivity contribution in [3.63, 3.8) is 0 Å². The third-order valence-corrected chi connectivity index (χ3v) is 7.97. The summed E-state index contributed by atoms with van der Waals surface area (Å²) >= 11 is 10.6. The maximum atomic E-state index is 13.3. The van der Waals surface area contributed by atoms with Gasteiger partial charge in [0.2, 0.25) is 0 Å². The maximum absolute atomic E-state index is 13.3. The van der Waals surface area contributed by atoms with Crippen LogP contribution in [0.2, 0.25) is 0 Å². The van der Waals surface area contributed by atoms with E-state index in [-0.39, 0.29) is 23.9 Å². The van der Waals surface area contributed by atoms with E-state index in [0.29, 0.717) is 42.7 Å². The zero-order valence-corrected chi connectivity index (χ0v) is 24.3. The lowest BCUT2D eigenvalue weighted by Crippen LogP contribution is -2.23. The van der Waals surface area contributed by atoms with Crippen molar-refractivity contribution in [1.29, 1.82) is 0 Å². The highest BCUT2D eigenvalue weighted by molar-refractivity contribution is 9.13. The molecule has 0 unspecified atom stereocenters. The van der Waals surface area contributed by atoms with E-state index in [2.05, 4.69) is 57.9 Å². The standard InChI is InChI=1S/C26H21Br3FN3O3/c1-14(2)25-32-20-9-6-17(27)11-19(20)26(34)33(25)31-12-16-10-21(35-3)24(23(29)22(16)28)36-13-15-4-7-18(30)8-5-15/h4-12,14H,13H2,1-3H3. The zero-order valence-electron chi connectivity index (χ0n) is 19.6. The SMILES string of the molecule is COc1cc(C=Nn2c(C(C)C)nc3ccc(Br)cc3c2=O)c(Br)c(Br)c1OCc1ccc(F)cc1. The molecule has 1 heterocycles. The highest BCUT2D eigenvalue weighted by Gasteiger charge is 2.18. The van der Waals surface area contributed by atoms with Crippen LogP contribution in [0.4, 0.5) is 4.39 Å². The molecule has 6 nitrogen and oxygen atoms in total. The van der Waals surface area contributed by atoms with Gasteiger partial charge in [0.1, 0.15) is 18.2 Å². The van der Waals surface area contributed by atoms with Gasteiger partial charge in [-0.05, 0) is 73.8 Å². The van der Waals surface area contributed by atoms with Crippen LogP contribution in [0.25, 0.3) is 10.9 Å². The Hall–Kier alpha value is -2.56. The first-order valence-corrected chi connectivity index (χ1v) is 13.3. The van der Waals surface area contributed by atoms with Crippen molar-refractivity contribution in [2.45, 2.75) is 26.4 Å². The number of nitrogens with zero attached hydrogens (tertiary/aromatic N) is 3. The Bertz CT molecular complexity index is 1520. The number of fused-ring (bicyclic) bond motifs is 1. The minimum atomic E-state index is -0.308. The third-order valence-electron chi connectivity index (χ3n) is 5.33. The predicted molar refractivity (Wildman–Crippen MR) is 150 cm³/mol. The van der Waals surface area contributed by atoms with Gasteiger partial charge in [-0.25, -0.2) is 9.37 Å². The van der Waals surface area contributed by atoms with Crippen LogP contribution in [0, 0.1) is 5.82 Å². The summed E-state index contributed by atoms with van der Waals surface area (Å²) in [7, 11) is 1.54. The summed E-state index contributed by atoms with van der Waals surface area (Å²) in [5.41, 5.74) is 1.82. The molecule has 36 heavy (non-hydrogen) atoms. The molecule has 10 heteroatoms. The number of benzene rings is 3. The van der Waals surface area contributed by atoms with Crippen molar-refractivity contribution < 1.29 is 13.9 Å². The van der Waals surface area contributed by atoms with Crippen molar-refractivity contribution in [3.8, 4) is 11.5 Å². The lowest BCUT2D eigenvalue weighted by atomic mass is 10.2. The second kappa shape index (κ2) is 11.2. The number of rotatable bonds is 7. The minimum absolute atomic E-state index is 0.0325. The number of halogens is 4. The van der Waals surface area contributed by atoms with Crippen LogP contribution in [0.15, 0.2) is 71.8 Å². The number of methoxy groups -OCH3 is 1. The van der Waals surface area contributed by atoms with Gasteiger partial charge in [0.25, 0.3) is 5.56 Å². The Morgan fingerprint density at radius 3 is 2.47 bits per heavy atom. The van der Waals surface area contributed by atoms with E-state index in [9.17, 15) is 9.18 Å². The molecule has 1 aromatic heterocycles. The summed E-state index contributed by atoms with van der Waals surface area (Å²) in [5.74, 6) is 1.15. The average Bonchev–Trinajstić information content (AvgIpc) is 2.86. The lowest BCUT2D eigenvalue weighted by Gasteiger charge is -2.16. The predicted octanol–water partition coefficient (Wildman–Crippen LogP) is 7.42. The Morgan fingerprint density at radius 1 is 1.08 bits per heavy atom. The molecule has 0 fully saturated rings. The maximum Gasteiger partial charge on any atom is 0.282 e. The van der Waals surface area contributed by atoms with Crippen LogP contribution in [0.3, 0.4) is 0 Å². The Labute approximate surface area is 232 Å². The van der Waals surface area contributed by atoms with Gasteiger partial charge >= 0.3 is 0 Å². The number of hydrogen-bond donors (Lipinski definition) is 0. The number of ether oxygens (including phenoxy) is 2. The quantitative estimate of drug-likeness (QED) is 0.191. The minimum Gasteiger partial charge on any atom is -0.493 e. The molecule has 3 aromatic carbocycles. The van der Waals surface area contributed by atoms with Crippen molar-refractivity contribution >= 4 is 64.9 Å². The largest absolute Gasteiger partial charge is 0.493 e. The highest BCUT2D eigenvalue weighted by Crippen LogP contribution is 2.42. The van der Waals surface area contributed by atoms with Gasteiger partial charge in [-0.3, -0.25) is 4.79 Å². The first-order chi connectivity index (χ1) is 17.2. The molecule has 0 aliphatic carbocycles. The van der Waals surface area contributed by atoms with Crippen LogP contribution in [-0.2, 0) is 6.61 Å². The van der Waals surface area contributed by atoms with Crippen LogP contribution < -0.4 is 15.0 Å². The molecule has 4 rings (SSSR count). The normalized spacial score (nSPS) is 11.6. The van der Waals surface area contributed by atoms with Crippen LogP contribution in [0.5, 0.6) is 11.5 Å². The van der Waals surface area contributed by atoms with Gasteiger partial charge in [0.05, 0.1) is 28.7 Å². The Morgan fingerprint density at radius 2 is 1.81 bits per heavy atom. The average molecular weight is 682 g/mol. The van der Waals surface area contributed by atoms with E-state index in [0.717, 1.165) is 10.0 Å². The number of aromatic nitrogens is 2. The van der Waals surface area contributed by atoms with Crippen LogP contribution >= 0.6 is 47.8 Å². The van der Waals surface area contributed by atoms with Crippen molar-refractivity contribution in [2.75, 3.05) is 7.11 Å². The second-order valence-corrected chi connectivity index (χ2v) is 10.7. The molecule has 0 atom stereocenters. The lowest BCUT2D eigenvalue weighted by molar-refractivity contribution is 0.282. The molecule has 0 bridgehead atoms. The van der Waals surface area contributed by atoms with Gasteiger partial charge in [0.15, 0.2) is 11.5 Å². The molecular weight excluding hydrogens is 661 g/mol. The highest BCUT2D eigenvalue weighted by atomic mass is 79.9. The van der Waals surface area contributed by atoms with E-state index in [1.54, 1.807) is 30.5 Å². The Kier molecular flexibility index (Phi) is 8.27. The van der Waals surface area contributed by atoms with Crippen molar-refractivity contribution in [1.82, 2.24) is 9.66 Å². The van der Waals surface area contributed by atoms with Gasteiger partial charge in [-0.15, -0.1) is 0 Å². The molecule has 0 saturated heterocycles. The van der Waals surface area contributed by atoms with E-state index >= 15 is 0 Å². The van der Waals surface area contributed by atoms with Crippen molar-refractivity contribution in [2.24, 2.45) is 5.10 Å². The number of hydrogen-bond acceptors (Lipinski definition) is 5. The zero-order chi connectivity index (χ0) is 26.0. The molecule has 0 aliphatic rings. The van der Waals surface area contributed by atoms with Crippen molar-refractivity contribution in [3.05, 3.63) is 95.1 Å². The van der Waals surface area contributed by atoms with Crippen LogP contribution in [0.1, 0.15) is 36.7 Å². The molecule has 0 aliphatic heterocycles. The second-order valence-electron chi connectivity index (χ2n) is 8.19. The fraction of sp³-hybridized carbons (Fsp3) is 0.192.